The summed E-state index contributed by atoms with van der Waals surface area (Å²) in [6.45, 7) is 0. The molecular weight excluding hydrogens is 300 g/mol. The summed E-state index contributed by atoms with van der Waals surface area (Å²) in [5.74, 6) is 0. The maximum atomic E-state index is 5.78. The molecule has 0 spiro atoms. The zero-order valence-electron chi connectivity index (χ0n) is 11.0. The highest BCUT2D eigenvalue weighted by atomic mass is 32.1. The fraction of sp³-hybridized carbons (Fsp3) is 0. The highest BCUT2D eigenvalue weighted by Gasteiger charge is 2.13. The summed E-state index contributed by atoms with van der Waals surface area (Å²) >= 11 is 6.61. The first kappa shape index (κ1) is 13.7. The lowest BCUT2D eigenvalue weighted by molar-refractivity contribution is 1.33. The molecule has 0 aliphatic rings. The first-order valence-corrected chi connectivity index (χ1v) is 7.51. The van der Waals surface area contributed by atoms with Crippen molar-refractivity contribution in [3.63, 3.8) is 0 Å². The lowest BCUT2D eigenvalue weighted by Gasteiger charge is -2.03. The van der Waals surface area contributed by atoms with E-state index in [1.54, 1.807) is 0 Å². The van der Waals surface area contributed by atoms with Crippen molar-refractivity contribution in [2.45, 2.75) is 0 Å². The molecule has 3 N–H and O–H groups in total. The predicted octanol–water partition coefficient (Wildman–Crippen LogP) is 3.40. The van der Waals surface area contributed by atoms with E-state index in [9.17, 15) is 0 Å². The Hall–Kier alpha value is -2.31. The Morgan fingerprint density at radius 2 is 1.81 bits per heavy atom. The number of para-hydroxylation sites is 2. The first-order chi connectivity index (χ1) is 10.2. The fourth-order valence-corrected chi connectivity index (χ4v) is 2.99. The van der Waals surface area contributed by atoms with Crippen LogP contribution in [0.25, 0.3) is 10.2 Å². The number of thiocarbonyl (C=S) groups is 1. The molecule has 1 aromatic heterocycles. The van der Waals surface area contributed by atoms with Gasteiger partial charge in [0, 0.05) is 0 Å². The molecule has 0 bridgehead atoms. The summed E-state index contributed by atoms with van der Waals surface area (Å²) in [6.07, 6.45) is 0. The van der Waals surface area contributed by atoms with E-state index < -0.39 is 0 Å². The highest BCUT2D eigenvalue weighted by Crippen LogP contribution is 2.22. The number of aromatic nitrogens is 1. The molecule has 104 valence electrons. The molecule has 0 unspecified atom stereocenters. The monoisotopic (exact) mass is 312 g/mol. The van der Waals surface area contributed by atoms with Crippen LogP contribution in [0.15, 0.2) is 59.7 Å². The molecule has 0 saturated carbocycles. The van der Waals surface area contributed by atoms with Gasteiger partial charge in [-0.25, -0.2) is 4.98 Å². The summed E-state index contributed by atoms with van der Waals surface area (Å²) < 4.78 is 1.08. The number of rotatable bonds is 4. The van der Waals surface area contributed by atoms with E-state index in [0.717, 1.165) is 15.9 Å². The predicted molar refractivity (Wildman–Crippen MR) is 93.0 cm³/mol. The number of nitrogens with one attached hydrogen (secondary N) is 1. The summed E-state index contributed by atoms with van der Waals surface area (Å²) in [7, 11) is 0. The molecular formula is C15H12N4S2. The van der Waals surface area contributed by atoms with Crippen molar-refractivity contribution >= 4 is 50.2 Å². The van der Waals surface area contributed by atoms with Crippen LogP contribution >= 0.6 is 23.6 Å². The molecule has 0 fully saturated rings. The van der Waals surface area contributed by atoms with E-state index in [1.165, 1.54) is 11.3 Å². The smallest absolute Gasteiger partial charge is 0.153 e. The summed E-state index contributed by atoms with van der Waals surface area (Å²) in [6, 6.07) is 17.5. The van der Waals surface area contributed by atoms with Crippen molar-refractivity contribution in [3.05, 3.63) is 59.6 Å². The third-order valence-electron chi connectivity index (χ3n) is 2.80. The van der Waals surface area contributed by atoms with Gasteiger partial charge in [0.05, 0.1) is 15.9 Å². The van der Waals surface area contributed by atoms with Crippen LogP contribution in [0.1, 0.15) is 5.01 Å². The van der Waals surface area contributed by atoms with Crippen LogP contribution in [0.2, 0.25) is 0 Å². The number of nitrogens with zero attached hydrogens (tertiary/aromatic N) is 2. The number of hydrogen-bond donors (Lipinski definition) is 2. The largest absolute Gasteiger partial charge is 0.388 e. The van der Waals surface area contributed by atoms with Gasteiger partial charge in [0.1, 0.15) is 10.00 Å². The summed E-state index contributed by atoms with van der Waals surface area (Å²) in [4.78, 5) is 4.75. The van der Waals surface area contributed by atoms with Crippen molar-refractivity contribution < 1.29 is 0 Å². The topological polar surface area (TPSA) is 63.3 Å². The van der Waals surface area contributed by atoms with E-state index in [1.807, 2.05) is 54.6 Å². The third-order valence-corrected chi connectivity index (χ3v) is 4.04. The maximum absolute atomic E-state index is 5.78. The molecule has 3 rings (SSSR count). The Morgan fingerprint density at radius 1 is 1.10 bits per heavy atom. The zero-order valence-corrected chi connectivity index (χ0v) is 12.6. The molecule has 0 amide bonds. The number of fused-ring (bicyclic) bond motifs is 1. The van der Waals surface area contributed by atoms with Crippen LogP contribution in [0.4, 0.5) is 5.69 Å². The molecule has 0 saturated heterocycles. The average Bonchev–Trinajstić information content (AvgIpc) is 2.91. The second-order valence-corrected chi connectivity index (χ2v) is 5.76. The van der Waals surface area contributed by atoms with Gasteiger partial charge >= 0.3 is 0 Å². The van der Waals surface area contributed by atoms with Gasteiger partial charge in [0.2, 0.25) is 0 Å². The quantitative estimate of drug-likeness (QED) is 0.440. The van der Waals surface area contributed by atoms with Crippen molar-refractivity contribution in [2.75, 3.05) is 5.43 Å². The second kappa shape index (κ2) is 5.99. The summed E-state index contributed by atoms with van der Waals surface area (Å²) in [5.41, 5.74) is 11.0. The van der Waals surface area contributed by atoms with Crippen LogP contribution in [0.3, 0.4) is 0 Å². The van der Waals surface area contributed by atoms with E-state index in [0.29, 0.717) is 10.7 Å². The van der Waals surface area contributed by atoms with Gasteiger partial charge in [-0.3, -0.25) is 5.43 Å². The number of benzene rings is 2. The van der Waals surface area contributed by atoms with Crippen molar-refractivity contribution in [2.24, 2.45) is 10.8 Å². The van der Waals surface area contributed by atoms with E-state index in [4.69, 9.17) is 18.0 Å². The van der Waals surface area contributed by atoms with E-state index >= 15 is 0 Å². The van der Waals surface area contributed by atoms with Gasteiger partial charge in [-0.15, -0.1) is 11.3 Å². The standard InChI is InChI=1S/C15H12N4S2/c16-14(20)13(19-18-10-6-2-1-3-7-10)15-17-11-8-4-5-9-12(11)21-15/h1-9,18H,(H2,16,20)/b19-13+. The highest BCUT2D eigenvalue weighted by molar-refractivity contribution is 7.82. The SMILES string of the molecule is NC(=S)/C(=N\Nc1ccccc1)c1nc2ccccc2s1. The molecule has 21 heavy (non-hydrogen) atoms. The van der Waals surface area contributed by atoms with Gasteiger partial charge in [-0.1, -0.05) is 42.5 Å². The van der Waals surface area contributed by atoms with Crippen LogP contribution in [-0.4, -0.2) is 15.7 Å². The molecule has 1 heterocycles. The fourth-order valence-electron chi connectivity index (χ4n) is 1.81. The molecule has 2 aromatic carbocycles. The van der Waals surface area contributed by atoms with Crippen molar-refractivity contribution in [3.8, 4) is 0 Å². The van der Waals surface area contributed by atoms with Crippen molar-refractivity contribution in [1.82, 2.24) is 4.98 Å². The Labute approximate surface area is 131 Å². The minimum Gasteiger partial charge on any atom is -0.388 e. The Balaban J connectivity index is 1.96. The first-order valence-electron chi connectivity index (χ1n) is 6.28. The molecule has 0 radical (unpaired) electrons. The average molecular weight is 312 g/mol. The van der Waals surface area contributed by atoms with Gasteiger partial charge in [0.25, 0.3) is 0 Å². The summed E-state index contributed by atoms with van der Waals surface area (Å²) in [5, 5.41) is 5.02. The number of nitrogens with two attached hydrogens (primary N) is 1. The van der Waals surface area contributed by atoms with Crippen LogP contribution in [0.5, 0.6) is 0 Å². The Morgan fingerprint density at radius 3 is 2.52 bits per heavy atom. The van der Waals surface area contributed by atoms with Gasteiger partial charge in [-0.2, -0.15) is 5.10 Å². The minimum absolute atomic E-state index is 0.220. The normalized spacial score (nSPS) is 11.5. The number of anilines is 1. The molecule has 0 aliphatic carbocycles. The Bertz CT molecular complexity index is 776. The molecule has 3 aromatic rings. The lowest BCUT2D eigenvalue weighted by atomic mass is 10.3. The number of hydrazone groups is 1. The maximum Gasteiger partial charge on any atom is 0.153 e. The van der Waals surface area contributed by atoms with Crippen molar-refractivity contribution in [1.29, 1.82) is 0 Å². The van der Waals surface area contributed by atoms with Crippen LogP contribution in [0, 0.1) is 0 Å². The van der Waals surface area contributed by atoms with Gasteiger partial charge in [-0.05, 0) is 24.3 Å². The van der Waals surface area contributed by atoms with Crippen LogP contribution in [-0.2, 0) is 0 Å². The number of thiazole rings is 1. The van der Waals surface area contributed by atoms with Gasteiger partial charge < -0.3 is 5.73 Å². The van der Waals surface area contributed by atoms with E-state index in [2.05, 4.69) is 15.5 Å². The third kappa shape index (κ3) is 3.07. The molecule has 0 atom stereocenters. The zero-order chi connectivity index (χ0) is 14.7. The molecule has 6 heteroatoms. The number of hydrogen-bond acceptors (Lipinski definition) is 5. The minimum atomic E-state index is 0.220. The van der Waals surface area contributed by atoms with Crippen LogP contribution < -0.4 is 11.2 Å². The second-order valence-electron chi connectivity index (χ2n) is 4.29. The van der Waals surface area contributed by atoms with Gasteiger partial charge in [0.15, 0.2) is 5.71 Å². The molecule has 4 nitrogen and oxygen atoms in total. The Kier molecular flexibility index (Phi) is 3.89. The lowest BCUT2D eigenvalue weighted by Crippen LogP contribution is -2.23. The molecule has 0 aliphatic heterocycles. The van der Waals surface area contributed by atoms with E-state index in [-0.39, 0.29) is 4.99 Å².